The number of esters is 1. The largest absolute Gasteiger partial charge is 0.467 e. The average molecular weight is 489 g/mol. The van der Waals surface area contributed by atoms with E-state index in [9.17, 15) is 14.4 Å². The molecule has 2 amide bonds. The summed E-state index contributed by atoms with van der Waals surface area (Å²) >= 11 is 0. The van der Waals surface area contributed by atoms with E-state index in [0.717, 1.165) is 32.9 Å². The third kappa shape index (κ3) is 5.43. The van der Waals surface area contributed by atoms with Crippen LogP contribution in [0.15, 0.2) is 60.9 Å². The highest BCUT2D eigenvalue weighted by molar-refractivity contribution is 5.93. The Balaban J connectivity index is 1.59. The lowest BCUT2D eigenvalue weighted by atomic mass is 9.94. The number of aromatic nitrogens is 2. The molecule has 8 heteroatoms. The first-order valence-electron chi connectivity index (χ1n) is 12.0. The maximum Gasteiger partial charge on any atom is 0.328 e. The molecular formula is C28H32N4O4. The van der Waals surface area contributed by atoms with Crippen LogP contribution in [-0.2, 0) is 32.0 Å². The van der Waals surface area contributed by atoms with Crippen LogP contribution in [0.3, 0.4) is 0 Å². The van der Waals surface area contributed by atoms with Crippen molar-refractivity contribution in [1.29, 1.82) is 0 Å². The van der Waals surface area contributed by atoms with Gasteiger partial charge in [0.05, 0.1) is 7.11 Å². The normalized spacial score (nSPS) is 13.3. The number of benzene rings is 2. The number of nitrogens with one attached hydrogen (secondary N) is 4. The minimum absolute atomic E-state index is 0.245. The molecule has 8 nitrogen and oxygen atoms in total. The number of carbonyl (C=O) groups is 3. The Kier molecular flexibility index (Phi) is 7.15. The zero-order valence-corrected chi connectivity index (χ0v) is 21.0. The molecule has 2 atom stereocenters. The van der Waals surface area contributed by atoms with Crippen LogP contribution in [-0.4, -0.2) is 46.9 Å². The second kappa shape index (κ2) is 10.3. The smallest absolute Gasteiger partial charge is 0.328 e. The summed E-state index contributed by atoms with van der Waals surface area (Å²) < 4.78 is 5.00. The summed E-state index contributed by atoms with van der Waals surface area (Å²) in [7, 11) is 1.29. The van der Waals surface area contributed by atoms with Gasteiger partial charge >= 0.3 is 5.97 Å². The van der Waals surface area contributed by atoms with Crippen LogP contribution >= 0.6 is 0 Å². The number of hydrogen-bond donors (Lipinski definition) is 4. The molecule has 0 radical (unpaired) electrons. The van der Waals surface area contributed by atoms with Crippen LogP contribution in [0.2, 0.25) is 0 Å². The standard InChI is InChI=1S/C28H32N4O4/c1-28(2,3)27(35)32-23(13-17-15-29-21-11-7-5-9-19(17)21)25(33)31-24(26(34)36-4)14-18-16-30-22-12-8-6-10-20(18)22/h5-12,15-16,23-24,29-30H,13-14H2,1-4H3,(H,31,33)(H,32,35)/t23?,24-/m0/s1. The number of aromatic amines is 2. The summed E-state index contributed by atoms with van der Waals surface area (Å²) in [5.74, 6) is -1.26. The molecule has 1 unspecified atom stereocenters. The fourth-order valence-electron chi connectivity index (χ4n) is 4.23. The van der Waals surface area contributed by atoms with E-state index in [4.69, 9.17) is 4.74 Å². The van der Waals surface area contributed by atoms with Crippen molar-refractivity contribution in [3.05, 3.63) is 72.1 Å². The van der Waals surface area contributed by atoms with Gasteiger partial charge in [0.25, 0.3) is 0 Å². The van der Waals surface area contributed by atoms with Gasteiger partial charge in [0, 0.05) is 52.5 Å². The third-order valence-corrected chi connectivity index (χ3v) is 6.30. The summed E-state index contributed by atoms with van der Waals surface area (Å²) in [5.41, 5.74) is 2.97. The van der Waals surface area contributed by atoms with Gasteiger partial charge in [0.15, 0.2) is 0 Å². The summed E-state index contributed by atoms with van der Waals surface area (Å²) in [5, 5.41) is 7.67. The SMILES string of the molecule is COC(=O)[C@H](Cc1c[nH]c2ccccc12)NC(=O)C(Cc1c[nH]c2ccccc12)NC(=O)C(C)(C)C. The van der Waals surface area contributed by atoms with E-state index in [2.05, 4.69) is 20.6 Å². The van der Waals surface area contributed by atoms with Crippen LogP contribution < -0.4 is 10.6 Å². The number of H-pyrrole nitrogens is 2. The van der Waals surface area contributed by atoms with Crippen molar-refractivity contribution in [2.75, 3.05) is 7.11 Å². The molecule has 4 N–H and O–H groups in total. The molecular weight excluding hydrogens is 456 g/mol. The van der Waals surface area contributed by atoms with Gasteiger partial charge in [-0.15, -0.1) is 0 Å². The molecule has 2 heterocycles. The Hall–Kier alpha value is -4.07. The fraction of sp³-hybridized carbons (Fsp3) is 0.321. The highest BCUT2D eigenvalue weighted by atomic mass is 16.5. The molecule has 188 valence electrons. The average Bonchev–Trinajstić information content (AvgIpc) is 3.46. The number of ether oxygens (including phenoxy) is 1. The number of fused-ring (bicyclic) bond motifs is 2. The first kappa shape index (κ1) is 25.0. The van der Waals surface area contributed by atoms with E-state index in [1.165, 1.54) is 7.11 Å². The third-order valence-electron chi connectivity index (χ3n) is 6.30. The van der Waals surface area contributed by atoms with E-state index < -0.39 is 29.4 Å². The number of hydrogen-bond acceptors (Lipinski definition) is 4. The molecule has 2 aromatic carbocycles. The number of rotatable bonds is 8. The van der Waals surface area contributed by atoms with Crippen molar-refractivity contribution in [3.8, 4) is 0 Å². The Bertz CT molecular complexity index is 1400. The Labute approximate surface area is 209 Å². The monoisotopic (exact) mass is 488 g/mol. The minimum atomic E-state index is -0.918. The molecule has 0 saturated carbocycles. The number of carbonyl (C=O) groups excluding carboxylic acids is 3. The number of amides is 2. The molecule has 0 aliphatic heterocycles. The van der Waals surface area contributed by atoms with Crippen LogP contribution in [0.1, 0.15) is 31.9 Å². The molecule has 36 heavy (non-hydrogen) atoms. The topological polar surface area (TPSA) is 116 Å². The van der Waals surface area contributed by atoms with Crippen molar-refractivity contribution >= 4 is 39.6 Å². The van der Waals surface area contributed by atoms with E-state index in [1.807, 2.05) is 60.9 Å². The van der Waals surface area contributed by atoms with E-state index in [1.54, 1.807) is 20.8 Å². The lowest BCUT2D eigenvalue weighted by Crippen LogP contribution is -2.54. The van der Waals surface area contributed by atoms with Gasteiger partial charge in [-0.25, -0.2) is 4.79 Å². The lowest BCUT2D eigenvalue weighted by molar-refractivity contribution is -0.145. The molecule has 0 aliphatic carbocycles. The zero-order valence-electron chi connectivity index (χ0n) is 21.0. The summed E-state index contributed by atoms with van der Waals surface area (Å²) in [4.78, 5) is 45.5. The van der Waals surface area contributed by atoms with Gasteiger partial charge < -0.3 is 25.3 Å². The maximum atomic E-state index is 13.5. The predicted molar refractivity (Wildman–Crippen MR) is 139 cm³/mol. The molecule has 2 aromatic heterocycles. The second-order valence-corrected chi connectivity index (χ2v) is 9.99. The van der Waals surface area contributed by atoms with Crippen LogP contribution in [0, 0.1) is 5.41 Å². The Morgan fingerprint density at radius 1 is 0.806 bits per heavy atom. The molecule has 0 spiro atoms. The summed E-state index contributed by atoms with van der Waals surface area (Å²) in [6.45, 7) is 5.37. The van der Waals surface area contributed by atoms with Crippen LogP contribution in [0.5, 0.6) is 0 Å². The molecule has 4 aromatic rings. The minimum Gasteiger partial charge on any atom is -0.467 e. The quantitative estimate of drug-likeness (QED) is 0.284. The molecule has 4 rings (SSSR count). The maximum absolute atomic E-state index is 13.5. The van der Waals surface area contributed by atoms with Gasteiger partial charge in [0.2, 0.25) is 11.8 Å². The Morgan fingerprint density at radius 2 is 1.31 bits per heavy atom. The first-order chi connectivity index (χ1) is 17.2. The van der Waals surface area contributed by atoms with Crippen molar-refractivity contribution < 1.29 is 19.1 Å². The fourth-order valence-corrected chi connectivity index (χ4v) is 4.23. The number of methoxy groups -OCH3 is 1. The summed E-state index contributed by atoms with van der Waals surface area (Å²) in [6.07, 6.45) is 4.18. The van der Waals surface area contributed by atoms with Crippen molar-refractivity contribution in [3.63, 3.8) is 0 Å². The van der Waals surface area contributed by atoms with Gasteiger partial charge in [-0.1, -0.05) is 57.2 Å². The molecule has 0 bridgehead atoms. The van der Waals surface area contributed by atoms with Gasteiger partial charge in [-0.3, -0.25) is 9.59 Å². The summed E-state index contributed by atoms with van der Waals surface area (Å²) in [6, 6.07) is 13.7. The van der Waals surface area contributed by atoms with Gasteiger partial charge in [0.1, 0.15) is 12.1 Å². The Morgan fingerprint density at radius 3 is 1.81 bits per heavy atom. The first-order valence-corrected chi connectivity index (χ1v) is 12.0. The number of para-hydroxylation sites is 2. The molecule has 0 aliphatic rings. The van der Waals surface area contributed by atoms with Gasteiger partial charge in [-0.05, 0) is 23.3 Å². The van der Waals surface area contributed by atoms with E-state index in [0.29, 0.717) is 0 Å². The van der Waals surface area contributed by atoms with Crippen LogP contribution in [0.25, 0.3) is 21.8 Å². The van der Waals surface area contributed by atoms with Crippen LogP contribution in [0.4, 0.5) is 0 Å². The highest BCUT2D eigenvalue weighted by Crippen LogP contribution is 2.22. The zero-order chi connectivity index (χ0) is 25.9. The predicted octanol–water partition coefficient (Wildman–Crippen LogP) is 3.62. The second-order valence-electron chi connectivity index (χ2n) is 9.99. The van der Waals surface area contributed by atoms with Crippen molar-refractivity contribution in [2.45, 2.75) is 45.7 Å². The molecule has 0 saturated heterocycles. The van der Waals surface area contributed by atoms with E-state index >= 15 is 0 Å². The van der Waals surface area contributed by atoms with Gasteiger partial charge in [-0.2, -0.15) is 0 Å². The van der Waals surface area contributed by atoms with E-state index in [-0.39, 0.29) is 18.7 Å². The molecule has 0 fully saturated rings. The lowest BCUT2D eigenvalue weighted by Gasteiger charge is -2.25. The van der Waals surface area contributed by atoms with Crippen molar-refractivity contribution in [1.82, 2.24) is 20.6 Å². The highest BCUT2D eigenvalue weighted by Gasteiger charge is 2.31. The van der Waals surface area contributed by atoms with Crippen molar-refractivity contribution in [2.24, 2.45) is 5.41 Å².